The van der Waals surface area contributed by atoms with E-state index in [1.54, 1.807) is 29.5 Å². The summed E-state index contributed by atoms with van der Waals surface area (Å²) in [4.78, 5) is 66.2. The van der Waals surface area contributed by atoms with E-state index in [2.05, 4.69) is 20.4 Å². The fraction of sp³-hybridized carbons (Fsp3) is 0.591. The van der Waals surface area contributed by atoms with Crippen LogP contribution in [-0.2, 0) is 30.3 Å². The Balaban J connectivity index is 1.19. The number of fused-ring (bicyclic) bond motifs is 2. The molecule has 57 heavy (non-hydrogen) atoms. The molecule has 306 valence electrons. The third kappa shape index (κ3) is 8.89. The van der Waals surface area contributed by atoms with Crippen LogP contribution < -0.4 is 9.47 Å². The summed E-state index contributed by atoms with van der Waals surface area (Å²) in [5.74, 6) is -0.610. The Labute approximate surface area is 338 Å². The molecule has 1 amide bonds. The van der Waals surface area contributed by atoms with Crippen LogP contribution in [0.4, 0.5) is 0 Å². The molecule has 4 aliphatic rings. The highest BCUT2D eigenvalue weighted by Crippen LogP contribution is 2.57. The van der Waals surface area contributed by atoms with Gasteiger partial charge < -0.3 is 29.3 Å². The summed E-state index contributed by atoms with van der Waals surface area (Å²) in [5.41, 5.74) is -0.0554. The summed E-state index contributed by atoms with van der Waals surface area (Å²) in [6.07, 6.45) is 4.65. The Morgan fingerprint density at radius 2 is 1.81 bits per heavy atom. The number of aliphatic hydroxyl groups is 1. The first-order valence-electron chi connectivity index (χ1n) is 20.3. The number of aromatic nitrogens is 2. The summed E-state index contributed by atoms with van der Waals surface area (Å²) >= 11 is 1.56. The quantitative estimate of drug-likeness (QED) is 0.108. The molecule has 3 heterocycles. The Kier molecular flexibility index (Phi) is 11.5. The van der Waals surface area contributed by atoms with Gasteiger partial charge in [0.05, 0.1) is 58.9 Å². The monoisotopic (exact) mass is 801 g/mol. The van der Waals surface area contributed by atoms with Gasteiger partial charge in [0, 0.05) is 42.2 Å². The molecule has 0 radical (unpaired) electrons. The molecule has 0 bridgehead atoms. The lowest BCUT2D eigenvalue weighted by molar-refractivity contribution is -0.157. The van der Waals surface area contributed by atoms with E-state index in [0.717, 1.165) is 24.3 Å². The van der Waals surface area contributed by atoms with E-state index in [9.17, 15) is 29.4 Å². The van der Waals surface area contributed by atoms with Gasteiger partial charge in [-0.3, -0.25) is 19.2 Å². The van der Waals surface area contributed by atoms with Crippen LogP contribution in [0.2, 0.25) is 0 Å². The van der Waals surface area contributed by atoms with Crippen molar-refractivity contribution in [2.75, 3.05) is 19.8 Å². The Morgan fingerprint density at radius 1 is 1.05 bits per heavy atom. The fourth-order valence-corrected chi connectivity index (χ4v) is 9.86. The molecule has 3 aliphatic carbocycles. The first-order valence-corrected chi connectivity index (χ1v) is 21.1. The minimum absolute atomic E-state index is 0.0554. The van der Waals surface area contributed by atoms with Crippen LogP contribution in [-0.4, -0.2) is 86.7 Å². The second-order valence-electron chi connectivity index (χ2n) is 18.1. The molecule has 8 atom stereocenters. The lowest BCUT2D eigenvalue weighted by Crippen LogP contribution is -2.48. The normalized spacial score (nSPS) is 26.9. The molecule has 7 rings (SSSR count). The van der Waals surface area contributed by atoms with Gasteiger partial charge in [-0.1, -0.05) is 40.7 Å². The van der Waals surface area contributed by atoms with Gasteiger partial charge in [-0.25, -0.2) is 9.97 Å². The lowest BCUT2D eigenvalue weighted by Gasteiger charge is -2.35. The number of aliphatic hydroxyl groups excluding tert-OH is 1. The summed E-state index contributed by atoms with van der Waals surface area (Å²) in [6.45, 7) is 13.8. The van der Waals surface area contributed by atoms with Gasteiger partial charge in [0.25, 0.3) is 0 Å². The molecule has 1 unspecified atom stereocenters. The van der Waals surface area contributed by atoms with Crippen molar-refractivity contribution in [3.63, 3.8) is 0 Å². The largest absolute Gasteiger partial charge is 0.491 e. The topological polar surface area (TPSA) is 165 Å². The number of benzene rings is 1. The zero-order valence-corrected chi connectivity index (χ0v) is 34.4. The van der Waals surface area contributed by atoms with Gasteiger partial charge in [0.2, 0.25) is 5.91 Å². The smallest absolute Gasteiger partial charge is 0.310 e. The number of ketones is 1. The van der Waals surface area contributed by atoms with Crippen molar-refractivity contribution < 1.29 is 43.6 Å². The summed E-state index contributed by atoms with van der Waals surface area (Å²) in [5, 5.41) is 23.2. The molecule has 0 spiro atoms. The average molecular weight is 802 g/mol. The standard InChI is InChI=1S/C44H55N3O9S/c1-7-27-20-44(27,42(52)53)21-37(49)36-17-30(22-47(36)41(51)32(43(4,5)6)18-40(50)56-29-14-25-13-26(25)15-29)55-38-19-34(35-23-57-39(46-35)12-24(2)3)45-33-16-28(54-11-10-48)8-9-31(33)38/h7-9,16,19,23-27,29-30,32,36,48H,1,10-15,17-18,20-22H2,2-6H3,(H,52,53)/t25-,26+,27-,29?,30+,32+,36+,44-/m1/s1. The van der Waals surface area contributed by atoms with Crippen molar-refractivity contribution in [3.8, 4) is 22.9 Å². The third-order valence-electron chi connectivity index (χ3n) is 12.3. The number of hydrogen-bond donors (Lipinski definition) is 2. The molecule has 12 nitrogen and oxygen atoms in total. The second-order valence-corrected chi connectivity index (χ2v) is 19.0. The third-order valence-corrected chi connectivity index (χ3v) is 13.1. The van der Waals surface area contributed by atoms with Gasteiger partial charge >= 0.3 is 11.9 Å². The molecule has 3 saturated carbocycles. The number of allylic oxidation sites excluding steroid dienone is 1. The molecule has 2 N–H and O–H groups in total. The average Bonchev–Trinajstić information content (AvgIpc) is 3.82. The van der Waals surface area contributed by atoms with E-state index < -0.39 is 40.8 Å². The Hall–Kier alpha value is -4.36. The van der Waals surface area contributed by atoms with Gasteiger partial charge in [-0.05, 0) is 66.9 Å². The van der Waals surface area contributed by atoms with Gasteiger partial charge in [-0.15, -0.1) is 17.9 Å². The zero-order valence-electron chi connectivity index (χ0n) is 33.6. The maximum Gasteiger partial charge on any atom is 0.310 e. The van der Waals surface area contributed by atoms with Crippen LogP contribution in [0, 0.1) is 40.4 Å². The summed E-state index contributed by atoms with van der Waals surface area (Å²) < 4.78 is 18.4. The maximum absolute atomic E-state index is 14.8. The predicted octanol–water partition coefficient (Wildman–Crippen LogP) is 6.91. The van der Waals surface area contributed by atoms with E-state index >= 15 is 0 Å². The number of likely N-dealkylation sites (tertiary alicyclic amines) is 1. The van der Waals surface area contributed by atoms with Crippen LogP contribution in [0.15, 0.2) is 42.3 Å². The summed E-state index contributed by atoms with van der Waals surface area (Å²) in [7, 11) is 0. The number of amides is 1. The van der Waals surface area contributed by atoms with Gasteiger partial charge in [0.1, 0.15) is 30.3 Å². The van der Waals surface area contributed by atoms with Gasteiger partial charge in [0.15, 0.2) is 5.78 Å². The Bertz CT molecular complexity index is 2030. The second kappa shape index (κ2) is 16.1. The molecule has 13 heteroatoms. The van der Waals surface area contributed by atoms with E-state index in [1.165, 1.54) is 11.3 Å². The fourth-order valence-electron chi connectivity index (χ4n) is 8.86. The van der Waals surface area contributed by atoms with Crippen LogP contribution in [0.1, 0.15) is 84.6 Å². The molecule has 4 fully saturated rings. The predicted molar refractivity (Wildman–Crippen MR) is 215 cm³/mol. The highest BCUT2D eigenvalue weighted by molar-refractivity contribution is 7.09. The molecule has 1 saturated heterocycles. The lowest BCUT2D eigenvalue weighted by atomic mass is 9.77. The number of hydrogen-bond acceptors (Lipinski definition) is 11. The number of carboxylic acid groups (broad SMARTS) is 1. The number of Topliss-reactive ketones (excluding diaryl/α,β-unsaturated/α-hetero) is 1. The minimum atomic E-state index is -1.25. The van der Waals surface area contributed by atoms with Crippen LogP contribution >= 0.6 is 11.3 Å². The first-order chi connectivity index (χ1) is 27.1. The zero-order chi connectivity index (χ0) is 40.8. The van der Waals surface area contributed by atoms with E-state index in [0.29, 0.717) is 58.0 Å². The number of ether oxygens (including phenoxy) is 3. The molecular formula is C44H55N3O9S. The number of esters is 1. The number of pyridine rings is 1. The van der Waals surface area contributed by atoms with Crippen LogP contribution in [0.3, 0.4) is 0 Å². The van der Waals surface area contributed by atoms with E-state index in [-0.39, 0.29) is 62.7 Å². The number of aliphatic carboxylic acids is 1. The van der Waals surface area contributed by atoms with Crippen molar-refractivity contribution in [2.24, 2.45) is 40.4 Å². The molecule has 1 aromatic carbocycles. The number of thiazole rings is 1. The number of carbonyl (C=O) groups is 4. The SMILES string of the molecule is C=C[C@@H]1C[C@]1(CC(=O)[C@@H]1C[C@H](Oc2cc(-c3csc(CC(C)C)n3)nc3cc(OCCO)ccc23)CN1C(=O)[C@H](CC(=O)OC1C[C@@H]2C[C@@H]2C1)C(C)(C)C)C(=O)O. The van der Waals surface area contributed by atoms with E-state index in [1.807, 2.05) is 38.3 Å². The number of carbonyl (C=O) groups excluding carboxylic acids is 3. The highest BCUT2D eigenvalue weighted by Gasteiger charge is 2.61. The van der Waals surface area contributed by atoms with Crippen molar-refractivity contribution >= 4 is 45.9 Å². The summed E-state index contributed by atoms with van der Waals surface area (Å²) in [6, 6.07) is 6.24. The highest BCUT2D eigenvalue weighted by atomic mass is 32.1. The van der Waals surface area contributed by atoms with Crippen LogP contribution in [0.5, 0.6) is 11.5 Å². The number of rotatable bonds is 17. The first kappa shape index (κ1) is 40.8. The minimum Gasteiger partial charge on any atom is -0.491 e. The number of nitrogens with zero attached hydrogens (tertiary/aromatic N) is 3. The van der Waals surface area contributed by atoms with E-state index in [4.69, 9.17) is 24.2 Å². The van der Waals surface area contributed by atoms with Crippen molar-refractivity contribution in [2.45, 2.75) is 104 Å². The van der Waals surface area contributed by atoms with Crippen molar-refractivity contribution in [1.29, 1.82) is 0 Å². The van der Waals surface area contributed by atoms with Gasteiger partial charge in [-0.2, -0.15) is 0 Å². The molecule has 3 aromatic rings. The molecular weight excluding hydrogens is 747 g/mol. The molecule has 2 aromatic heterocycles. The van der Waals surface area contributed by atoms with Crippen molar-refractivity contribution in [3.05, 3.63) is 47.3 Å². The molecule has 1 aliphatic heterocycles. The maximum atomic E-state index is 14.8. The number of carboxylic acids is 1. The Morgan fingerprint density at radius 3 is 2.46 bits per heavy atom. The van der Waals surface area contributed by atoms with Crippen molar-refractivity contribution in [1.82, 2.24) is 14.9 Å². The van der Waals surface area contributed by atoms with Crippen LogP contribution in [0.25, 0.3) is 22.3 Å².